The maximum atomic E-state index is 13.6. The van der Waals surface area contributed by atoms with Gasteiger partial charge >= 0.3 is 6.18 Å². The van der Waals surface area contributed by atoms with Gasteiger partial charge in [-0.05, 0) is 50.0 Å². The molecule has 168 valence electrons. The van der Waals surface area contributed by atoms with Gasteiger partial charge in [-0.3, -0.25) is 9.69 Å². The van der Waals surface area contributed by atoms with E-state index in [4.69, 9.17) is 0 Å². The molecule has 2 aromatic carbocycles. The largest absolute Gasteiger partial charge is 0.449 e. The second-order valence-electron chi connectivity index (χ2n) is 8.61. The molecule has 1 N–H and O–H groups in total. The SMILES string of the molecule is O=C(c1ccc(Cn2c(C(F)(F)F)nc3ccccc32)cc1)C1CCCN1C1CCNC1. The fraction of sp³-hybridized carbons (Fsp3) is 0.417. The van der Waals surface area contributed by atoms with Crippen molar-refractivity contribution in [1.29, 1.82) is 0 Å². The molecule has 0 bridgehead atoms. The van der Waals surface area contributed by atoms with Crippen molar-refractivity contribution in [3.8, 4) is 0 Å². The van der Waals surface area contributed by atoms with Crippen molar-refractivity contribution in [1.82, 2.24) is 19.8 Å². The highest BCUT2D eigenvalue weighted by Crippen LogP contribution is 2.32. The molecule has 0 aliphatic carbocycles. The highest BCUT2D eigenvalue weighted by Gasteiger charge is 2.38. The minimum Gasteiger partial charge on any atom is -0.316 e. The van der Waals surface area contributed by atoms with Crippen LogP contribution in [0.3, 0.4) is 0 Å². The van der Waals surface area contributed by atoms with E-state index >= 15 is 0 Å². The van der Waals surface area contributed by atoms with Crippen molar-refractivity contribution in [2.45, 2.75) is 44.1 Å². The average Bonchev–Trinajstić information content (AvgIpc) is 3.53. The summed E-state index contributed by atoms with van der Waals surface area (Å²) in [5, 5.41) is 3.36. The maximum Gasteiger partial charge on any atom is 0.449 e. The van der Waals surface area contributed by atoms with Gasteiger partial charge in [-0.1, -0.05) is 36.4 Å². The van der Waals surface area contributed by atoms with Crippen LogP contribution in [0.2, 0.25) is 0 Å². The molecule has 3 heterocycles. The van der Waals surface area contributed by atoms with Crippen molar-refractivity contribution in [2.24, 2.45) is 0 Å². The lowest BCUT2D eigenvalue weighted by Crippen LogP contribution is -2.44. The highest BCUT2D eigenvalue weighted by atomic mass is 19.4. The number of carbonyl (C=O) groups is 1. The van der Waals surface area contributed by atoms with Crippen LogP contribution in [0.4, 0.5) is 13.2 Å². The third kappa shape index (κ3) is 3.93. The lowest BCUT2D eigenvalue weighted by atomic mass is 10.00. The lowest BCUT2D eigenvalue weighted by molar-refractivity contribution is -0.146. The van der Waals surface area contributed by atoms with Gasteiger partial charge in [0.15, 0.2) is 5.78 Å². The maximum absolute atomic E-state index is 13.6. The van der Waals surface area contributed by atoms with Gasteiger partial charge in [-0.25, -0.2) is 4.98 Å². The number of imidazole rings is 1. The highest BCUT2D eigenvalue weighted by molar-refractivity contribution is 6.00. The molecule has 2 atom stereocenters. The first kappa shape index (κ1) is 21.2. The number of para-hydroxylation sites is 2. The van der Waals surface area contributed by atoms with Crippen molar-refractivity contribution < 1.29 is 18.0 Å². The van der Waals surface area contributed by atoms with Crippen LogP contribution in [-0.2, 0) is 12.7 Å². The van der Waals surface area contributed by atoms with E-state index < -0.39 is 12.0 Å². The van der Waals surface area contributed by atoms with Crippen LogP contribution >= 0.6 is 0 Å². The van der Waals surface area contributed by atoms with E-state index in [9.17, 15) is 18.0 Å². The molecule has 2 unspecified atom stereocenters. The first-order valence-corrected chi connectivity index (χ1v) is 11.0. The number of ketones is 1. The first-order valence-electron chi connectivity index (χ1n) is 11.0. The Bertz CT molecular complexity index is 1120. The van der Waals surface area contributed by atoms with Crippen molar-refractivity contribution in [3.63, 3.8) is 0 Å². The number of halogens is 3. The van der Waals surface area contributed by atoms with Crippen molar-refractivity contribution in [3.05, 3.63) is 65.5 Å². The predicted molar refractivity (Wildman–Crippen MR) is 116 cm³/mol. The van der Waals surface area contributed by atoms with Gasteiger partial charge in [0.2, 0.25) is 5.82 Å². The van der Waals surface area contributed by atoms with Crippen molar-refractivity contribution >= 4 is 16.8 Å². The number of fused-ring (bicyclic) bond motifs is 1. The Morgan fingerprint density at radius 3 is 2.59 bits per heavy atom. The summed E-state index contributed by atoms with van der Waals surface area (Å²) >= 11 is 0. The normalized spacial score (nSPS) is 22.1. The van der Waals surface area contributed by atoms with Gasteiger partial charge in [-0.2, -0.15) is 13.2 Å². The fourth-order valence-electron chi connectivity index (χ4n) is 5.03. The van der Waals surface area contributed by atoms with E-state index in [-0.39, 0.29) is 18.4 Å². The number of rotatable bonds is 5. The molecule has 0 radical (unpaired) electrons. The van der Waals surface area contributed by atoms with Crippen LogP contribution in [0.25, 0.3) is 11.0 Å². The number of carbonyl (C=O) groups excluding carboxylic acids is 1. The Morgan fingerprint density at radius 1 is 1.09 bits per heavy atom. The molecular formula is C24H25F3N4O. The second kappa shape index (κ2) is 8.33. The van der Waals surface area contributed by atoms with Gasteiger partial charge in [0.25, 0.3) is 0 Å². The Balaban J connectivity index is 1.37. The van der Waals surface area contributed by atoms with Gasteiger partial charge < -0.3 is 9.88 Å². The standard InChI is InChI=1S/C24H25F3N4O/c25-24(26,27)23-29-19-4-1-2-5-20(19)31(23)15-16-7-9-17(10-8-16)22(32)21-6-3-13-30(21)18-11-12-28-14-18/h1-2,4-5,7-10,18,21,28H,3,6,11-15H2. The molecule has 8 heteroatoms. The average molecular weight is 442 g/mol. The van der Waals surface area contributed by atoms with E-state index in [1.807, 2.05) is 0 Å². The number of benzene rings is 2. The Kier molecular flexibility index (Phi) is 5.51. The number of alkyl halides is 3. The van der Waals surface area contributed by atoms with E-state index in [0.717, 1.165) is 38.9 Å². The smallest absolute Gasteiger partial charge is 0.316 e. The van der Waals surface area contributed by atoms with Crippen LogP contribution in [0, 0.1) is 0 Å². The molecule has 5 rings (SSSR count). The molecular weight excluding hydrogens is 417 g/mol. The monoisotopic (exact) mass is 442 g/mol. The predicted octanol–water partition coefficient (Wildman–Crippen LogP) is 4.11. The summed E-state index contributed by atoms with van der Waals surface area (Å²) in [6.45, 7) is 2.88. The number of Topliss-reactive ketones (excluding diaryl/α,β-unsaturated/α-hetero) is 1. The van der Waals surface area contributed by atoms with Crippen LogP contribution in [0.15, 0.2) is 48.5 Å². The zero-order valence-electron chi connectivity index (χ0n) is 17.6. The molecule has 2 aliphatic rings. The third-order valence-electron chi connectivity index (χ3n) is 6.59. The summed E-state index contributed by atoms with van der Waals surface area (Å²) in [7, 11) is 0. The number of nitrogens with one attached hydrogen (secondary N) is 1. The van der Waals surface area contributed by atoms with Gasteiger partial charge in [0.05, 0.1) is 17.1 Å². The molecule has 0 spiro atoms. The molecule has 1 aromatic heterocycles. The second-order valence-corrected chi connectivity index (χ2v) is 8.61. The molecule has 2 aliphatic heterocycles. The summed E-state index contributed by atoms with van der Waals surface area (Å²) in [4.78, 5) is 19.3. The lowest BCUT2D eigenvalue weighted by Gasteiger charge is -2.29. The fourth-order valence-corrected chi connectivity index (χ4v) is 5.03. The van der Waals surface area contributed by atoms with E-state index in [1.165, 1.54) is 4.57 Å². The van der Waals surface area contributed by atoms with Gasteiger partial charge in [0, 0.05) is 24.7 Å². The number of hydrogen-bond acceptors (Lipinski definition) is 4. The minimum atomic E-state index is -4.55. The minimum absolute atomic E-state index is 0.0348. The molecule has 3 aromatic rings. The number of nitrogens with zero attached hydrogens (tertiary/aromatic N) is 3. The van der Waals surface area contributed by atoms with Crippen LogP contribution < -0.4 is 5.32 Å². The van der Waals surface area contributed by atoms with Crippen molar-refractivity contribution in [2.75, 3.05) is 19.6 Å². The van der Waals surface area contributed by atoms with Crippen LogP contribution in [0.5, 0.6) is 0 Å². The zero-order valence-corrected chi connectivity index (χ0v) is 17.6. The third-order valence-corrected chi connectivity index (χ3v) is 6.59. The quantitative estimate of drug-likeness (QED) is 0.605. The van der Waals surface area contributed by atoms with E-state index in [2.05, 4.69) is 15.2 Å². The Hall–Kier alpha value is -2.71. The number of aromatic nitrogens is 2. The molecule has 0 saturated carbocycles. The summed E-state index contributed by atoms with van der Waals surface area (Å²) < 4.78 is 41.9. The van der Waals surface area contributed by atoms with Gasteiger partial charge in [0.1, 0.15) is 0 Å². The number of likely N-dealkylation sites (tertiary alicyclic amines) is 1. The molecule has 2 fully saturated rings. The summed E-state index contributed by atoms with van der Waals surface area (Å²) in [5.41, 5.74) is 2.06. The van der Waals surface area contributed by atoms with E-state index in [0.29, 0.717) is 28.2 Å². The number of hydrogen-bond donors (Lipinski definition) is 1. The zero-order chi connectivity index (χ0) is 22.3. The molecule has 5 nitrogen and oxygen atoms in total. The van der Waals surface area contributed by atoms with Crippen LogP contribution in [-0.4, -0.2) is 52.0 Å². The first-order chi connectivity index (χ1) is 15.4. The summed E-state index contributed by atoms with van der Waals surface area (Å²) in [6.07, 6.45) is -1.62. The topological polar surface area (TPSA) is 50.2 Å². The van der Waals surface area contributed by atoms with E-state index in [1.54, 1.807) is 48.5 Å². The molecule has 32 heavy (non-hydrogen) atoms. The molecule has 2 saturated heterocycles. The van der Waals surface area contributed by atoms with Gasteiger partial charge in [-0.15, -0.1) is 0 Å². The summed E-state index contributed by atoms with van der Waals surface area (Å²) in [6, 6.07) is 13.9. The Morgan fingerprint density at radius 2 is 1.88 bits per heavy atom. The van der Waals surface area contributed by atoms with Crippen LogP contribution in [0.1, 0.15) is 41.0 Å². The summed E-state index contributed by atoms with van der Waals surface area (Å²) in [5.74, 6) is -0.810. The Labute approximate surface area is 184 Å². The molecule has 0 amide bonds.